The smallest absolute Gasteiger partial charge is 0.247 e. The van der Waals surface area contributed by atoms with E-state index < -0.39 is 16.1 Å². The lowest BCUT2D eigenvalue weighted by Gasteiger charge is -2.35. The number of carbonyl (C=O) groups excluding carboxylic acids is 1. The van der Waals surface area contributed by atoms with Crippen molar-refractivity contribution >= 4 is 21.6 Å². The molecular formula is C27H38N2O3S. The highest BCUT2D eigenvalue weighted by molar-refractivity contribution is 7.89. The second-order valence-corrected chi connectivity index (χ2v) is 11.3. The fraction of sp³-hybridized carbons (Fsp3) is 0.519. The van der Waals surface area contributed by atoms with Crippen LogP contribution < -0.4 is 5.32 Å². The maximum Gasteiger partial charge on any atom is 0.247 e. The first kappa shape index (κ1) is 25.4. The van der Waals surface area contributed by atoms with E-state index in [4.69, 9.17) is 0 Å². The van der Waals surface area contributed by atoms with Gasteiger partial charge in [0.25, 0.3) is 0 Å². The Bertz CT molecular complexity index is 1060. The quantitative estimate of drug-likeness (QED) is 0.444. The highest BCUT2D eigenvalue weighted by Gasteiger charge is 2.39. The highest BCUT2D eigenvalue weighted by atomic mass is 32.2. The number of hydrogen-bond donors (Lipinski definition) is 1. The molecule has 0 spiro atoms. The van der Waals surface area contributed by atoms with Crippen LogP contribution in [0.2, 0.25) is 0 Å². The number of amides is 1. The predicted molar refractivity (Wildman–Crippen MR) is 136 cm³/mol. The first-order chi connectivity index (χ1) is 15.7. The molecule has 0 saturated heterocycles. The molecule has 1 N–H and O–H groups in total. The molecule has 2 aromatic rings. The van der Waals surface area contributed by atoms with Crippen LogP contribution in [-0.2, 0) is 21.2 Å². The molecule has 5 nitrogen and oxygen atoms in total. The fourth-order valence-corrected chi connectivity index (χ4v) is 6.57. The highest BCUT2D eigenvalue weighted by Crippen LogP contribution is 2.34. The monoisotopic (exact) mass is 470 g/mol. The maximum atomic E-state index is 13.6. The van der Waals surface area contributed by atoms with Crippen LogP contribution in [0.5, 0.6) is 0 Å². The Hall–Kier alpha value is -2.18. The lowest BCUT2D eigenvalue weighted by atomic mass is 9.93. The van der Waals surface area contributed by atoms with E-state index in [1.54, 1.807) is 0 Å². The van der Waals surface area contributed by atoms with Crippen molar-refractivity contribution in [3.8, 4) is 0 Å². The van der Waals surface area contributed by atoms with Crippen molar-refractivity contribution in [1.82, 2.24) is 4.31 Å². The minimum atomic E-state index is -3.56. The van der Waals surface area contributed by atoms with Crippen LogP contribution in [0.15, 0.2) is 36.4 Å². The van der Waals surface area contributed by atoms with Crippen LogP contribution in [-0.4, -0.2) is 30.9 Å². The Morgan fingerprint density at radius 2 is 1.64 bits per heavy atom. The zero-order valence-electron chi connectivity index (χ0n) is 20.5. The summed E-state index contributed by atoms with van der Waals surface area (Å²) in [4.78, 5) is 13.6. The number of fused-ring (bicyclic) bond motifs is 1. The van der Waals surface area contributed by atoms with Crippen LogP contribution in [0.25, 0.3) is 0 Å². The topological polar surface area (TPSA) is 66.5 Å². The van der Waals surface area contributed by atoms with Gasteiger partial charge in [-0.2, -0.15) is 4.31 Å². The summed E-state index contributed by atoms with van der Waals surface area (Å²) in [6.07, 6.45) is 6.73. The Kier molecular flexibility index (Phi) is 8.71. The molecule has 180 valence electrons. The van der Waals surface area contributed by atoms with E-state index in [2.05, 4.69) is 12.2 Å². The molecule has 0 fully saturated rings. The lowest BCUT2D eigenvalue weighted by Crippen LogP contribution is -2.46. The van der Waals surface area contributed by atoms with E-state index in [0.717, 1.165) is 52.8 Å². The number of nitrogens with one attached hydrogen (secondary N) is 1. The average Bonchev–Trinajstić information content (AvgIpc) is 2.77. The summed E-state index contributed by atoms with van der Waals surface area (Å²) in [7, 11) is -3.56. The summed E-state index contributed by atoms with van der Waals surface area (Å²) in [5, 5.41) is 3.06. The van der Waals surface area contributed by atoms with E-state index in [1.165, 1.54) is 17.1 Å². The van der Waals surface area contributed by atoms with Gasteiger partial charge in [-0.3, -0.25) is 4.79 Å². The van der Waals surface area contributed by atoms with Crippen molar-refractivity contribution in [3.05, 3.63) is 64.2 Å². The van der Waals surface area contributed by atoms with E-state index in [9.17, 15) is 13.2 Å². The average molecular weight is 471 g/mol. The number of carbonyl (C=O) groups is 1. The normalized spacial score (nSPS) is 16.4. The molecule has 0 radical (unpaired) electrons. The number of unbranched alkanes of at least 4 members (excludes halogenated alkanes) is 5. The van der Waals surface area contributed by atoms with Crippen LogP contribution in [0.3, 0.4) is 0 Å². The van der Waals surface area contributed by atoms with Gasteiger partial charge in [0, 0.05) is 12.2 Å². The summed E-state index contributed by atoms with van der Waals surface area (Å²) in [6, 6.07) is 10.9. The summed E-state index contributed by atoms with van der Waals surface area (Å²) in [5.41, 5.74) is 5.69. The molecular weight excluding hydrogens is 432 g/mol. The molecule has 1 unspecified atom stereocenters. The van der Waals surface area contributed by atoms with Crippen LogP contribution in [0, 0.1) is 20.8 Å². The third-order valence-corrected chi connectivity index (χ3v) is 8.44. The standard InChI is InChI=1S/C27H38N2O3S/c1-5-6-7-8-9-12-17-33(31,32)29-16-15-23-13-10-11-14-24(23)26(29)27(30)28-25-21(3)18-20(2)19-22(25)4/h10-11,13-14,18-19,26H,5-9,12,15-17H2,1-4H3,(H,28,30). The van der Waals surface area contributed by atoms with Gasteiger partial charge in [-0.25, -0.2) is 8.42 Å². The molecule has 0 saturated carbocycles. The van der Waals surface area contributed by atoms with Gasteiger partial charge in [0.05, 0.1) is 5.75 Å². The number of sulfonamides is 1. The SMILES string of the molecule is CCCCCCCCS(=O)(=O)N1CCc2ccccc2C1C(=O)Nc1c(C)cc(C)cc1C. The van der Waals surface area contributed by atoms with E-state index in [0.29, 0.717) is 19.4 Å². The Morgan fingerprint density at radius 1 is 1.00 bits per heavy atom. The number of anilines is 1. The Balaban J connectivity index is 1.84. The molecule has 33 heavy (non-hydrogen) atoms. The number of hydrogen-bond acceptors (Lipinski definition) is 3. The second-order valence-electron chi connectivity index (χ2n) is 9.31. The molecule has 1 atom stereocenters. The van der Waals surface area contributed by atoms with Gasteiger partial charge < -0.3 is 5.32 Å². The summed E-state index contributed by atoms with van der Waals surface area (Å²) >= 11 is 0. The number of aryl methyl sites for hydroxylation is 3. The maximum absolute atomic E-state index is 13.6. The van der Waals surface area contributed by atoms with E-state index >= 15 is 0 Å². The van der Waals surface area contributed by atoms with Crippen molar-refractivity contribution in [2.45, 2.75) is 78.7 Å². The molecule has 3 rings (SSSR count). The predicted octanol–water partition coefficient (Wildman–Crippen LogP) is 5.84. The van der Waals surface area contributed by atoms with Gasteiger partial charge in [0.2, 0.25) is 15.9 Å². The van der Waals surface area contributed by atoms with E-state index in [-0.39, 0.29) is 11.7 Å². The third kappa shape index (κ3) is 6.24. The van der Waals surface area contributed by atoms with Gasteiger partial charge in [0.1, 0.15) is 6.04 Å². The second kappa shape index (κ2) is 11.3. The van der Waals surface area contributed by atoms with Crippen molar-refractivity contribution in [2.75, 3.05) is 17.6 Å². The van der Waals surface area contributed by atoms with Gasteiger partial charge in [-0.1, -0.05) is 81.0 Å². The van der Waals surface area contributed by atoms with Gasteiger partial charge in [-0.15, -0.1) is 0 Å². The molecule has 1 heterocycles. The minimum Gasteiger partial charge on any atom is -0.324 e. The third-order valence-electron chi connectivity index (χ3n) is 6.53. The van der Waals surface area contributed by atoms with Gasteiger partial charge in [-0.05, 0) is 55.9 Å². The molecule has 1 amide bonds. The molecule has 6 heteroatoms. The first-order valence-electron chi connectivity index (χ1n) is 12.2. The zero-order chi connectivity index (χ0) is 24.0. The van der Waals surface area contributed by atoms with Crippen molar-refractivity contribution in [2.24, 2.45) is 0 Å². The zero-order valence-corrected chi connectivity index (χ0v) is 21.3. The first-order valence-corrected chi connectivity index (χ1v) is 13.8. The summed E-state index contributed by atoms with van der Waals surface area (Å²) in [6.45, 7) is 8.47. The molecule has 0 bridgehead atoms. The summed E-state index contributed by atoms with van der Waals surface area (Å²) < 4.78 is 28.2. The van der Waals surface area contributed by atoms with E-state index in [1.807, 2.05) is 57.2 Å². The number of rotatable bonds is 10. The number of nitrogens with zero attached hydrogens (tertiary/aromatic N) is 1. The molecule has 1 aliphatic heterocycles. The molecule has 1 aliphatic rings. The van der Waals surface area contributed by atoms with Gasteiger partial charge in [0.15, 0.2) is 0 Å². The van der Waals surface area contributed by atoms with Crippen molar-refractivity contribution in [3.63, 3.8) is 0 Å². The lowest BCUT2D eigenvalue weighted by molar-refractivity contribution is -0.120. The van der Waals surface area contributed by atoms with Gasteiger partial charge >= 0.3 is 0 Å². The van der Waals surface area contributed by atoms with Crippen molar-refractivity contribution < 1.29 is 13.2 Å². The molecule has 0 aliphatic carbocycles. The number of benzene rings is 2. The largest absolute Gasteiger partial charge is 0.324 e. The Labute approximate surface area is 199 Å². The molecule has 2 aromatic carbocycles. The van der Waals surface area contributed by atoms with Crippen LogP contribution >= 0.6 is 0 Å². The van der Waals surface area contributed by atoms with Crippen LogP contribution in [0.4, 0.5) is 5.69 Å². The summed E-state index contributed by atoms with van der Waals surface area (Å²) in [5.74, 6) is -0.197. The van der Waals surface area contributed by atoms with Crippen molar-refractivity contribution in [1.29, 1.82) is 0 Å². The minimum absolute atomic E-state index is 0.0909. The molecule has 0 aromatic heterocycles. The van der Waals surface area contributed by atoms with Crippen LogP contribution in [0.1, 0.15) is 79.3 Å². The fourth-order valence-electron chi connectivity index (χ4n) is 4.87. The Morgan fingerprint density at radius 3 is 2.33 bits per heavy atom.